The molecule has 0 amide bonds. The molecule has 0 spiro atoms. The largest absolute Gasteiger partial charge is 0.468 e. The molecule has 0 saturated heterocycles. The maximum atomic E-state index is 5.22. The maximum Gasteiger partial charge on any atom is 0.187 e. The average Bonchev–Trinajstić information content (AvgIpc) is 2.84. The average molecular weight is 249 g/mol. The standard InChI is InChI=1S/C12H15N3OS/c1-10-7-14-12(15-8-10)17-6-4-13-9-11-3-2-5-16-11/h2-3,5,7-8,13H,4,6,9H2,1H3. The van der Waals surface area contributed by atoms with Crippen molar-refractivity contribution in [1.29, 1.82) is 0 Å². The highest BCUT2D eigenvalue weighted by molar-refractivity contribution is 7.99. The summed E-state index contributed by atoms with van der Waals surface area (Å²) < 4.78 is 5.22. The molecule has 0 radical (unpaired) electrons. The predicted octanol–water partition coefficient (Wildman–Crippen LogP) is 2.26. The van der Waals surface area contributed by atoms with Crippen molar-refractivity contribution in [3.63, 3.8) is 0 Å². The Kier molecular flexibility index (Phi) is 4.58. The van der Waals surface area contributed by atoms with Crippen LogP contribution in [0, 0.1) is 6.92 Å². The molecule has 4 nitrogen and oxygen atoms in total. The first-order valence-electron chi connectivity index (χ1n) is 5.49. The SMILES string of the molecule is Cc1cnc(SCCNCc2ccco2)nc1. The second kappa shape index (κ2) is 6.42. The maximum absolute atomic E-state index is 5.22. The number of nitrogens with one attached hydrogen (secondary N) is 1. The van der Waals surface area contributed by atoms with E-state index in [2.05, 4.69) is 15.3 Å². The van der Waals surface area contributed by atoms with Crippen LogP contribution in [0.1, 0.15) is 11.3 Å². The fourth-order valence-corrected chi connectivity index (χ4v) is 1.98. The molecule has 2 rings (SSSR count). The summed E-state index contributed by atoms with van der Waals surface area (Å²) in [5.74, 6) is 1.91. The lowest BCUT2D eigenvalue weighted by atomic mass is 10.4. The third-order valence-corrected chi connectivity index (χ3v) is 3.02. The summed E-state index contributed by atoms with van der Waals surface area (Å²) in [4.78, 5) is 8.46. The zero-order valence-electron chi connectivity index (χ0n) is 9.72. The molecular weight excluding hydrogens is 234 g/mol. The molecule has 0 fully saturated rings. The molecule has 0 aliphatic carbocycles. The Bertz CT molecular complexity index is 428. The number of nitrogens with zero attached hydrogens (tertiary/aromatic N) is 2. The van der Waals surface area contributed by atoms with E-state index >= 15 is 0 Å². The van der Waals surface area contributed by atoms with Gasteiger partial charge in [0.25, 0.3) is 0 Å². The van der Waals surface area contributed by atoms with E-state index in [0.717, 1.165) is 35.3 Å². The minimum Gasteiger partial charge on any atom is -0.468 e. The van der Waals surface area contributed by atoms with Gasteiger partial charge in [0.2, 0.25) is 0 Å². The lowest BCUT2D eigenvalue weighted by molar-refractivity contribution is 0.488. The van der Waals surface area contributed by atoms with Crippen LogP contribution in [0.25, 0.3) is 0 Å². The number of thioether (sulfide) groups is 1. The molecule has 0 unspecified atom stereocenters. The van der Waals surface area contributed by atoms with Gasteiger partial charge in [-0.25, -0.2) is 9.97 Å². The van der Waals surface area contributed by atoms with Crippen LogP contribution in [0.5, 0.6) is 0 Å². The summed E-state index contributed by atoms with van der Waals surface area (Å²) in [6.45, 7) is 3.66. The molecule has 0 bridgehead atoms. The molecule has 1 N–H and O–H groups in total. The van der Waals surface area contributed by atoms with Gasteiger partial charge >= 0.3 is 0 Å². The minimum atomic E-state index is 0.766. The van der Waals surface area contributed by atoms with Gasteiger partial charge in [0.15, 0.2) is 5.16 Å². The molecule has 0 aromatic carbocycles. The van der Waals surface area contributed by atoms with Gasteiger partial charge in [0.05, 0.1) is 12.8 Å². The van der Waals surface area contributed by atoms with Gasteiger partial charge in [0, 0.05) is 24.7 Å². The number of aromatic nitrogens is 2. The molecule has 0 saturated carbocycles. The third-order valence-electron chi connectivity index (χ3n) is 2.15. The Hall–Kier alpha value is -1.33. The van der Waals surface area contributed by atoms with Crippen LogP contribution in [0.2, 0.25) is 0 Å². The lowest BCUT2D eigenvalue weighted by Gasteiger charge is -2.02. The van der Waals surface area contributed by atoms with Gasteiger partial charge in [-0.1, -0.05) is 11.8 Å². The van der Waals surface area contributed by atoms with Crippen LogP contribution < -0.4 is 5.32 Å². The molecular formula is C12H15N3OS. The van der Waals surface area contributed by atoms with Gasteiger partial charge < -0.3 is 9.73 Å². The Balaban J connectivity index is 1.61. The fourth-order valence-electron chi connectivity index (χ4n) is 1.29. The molecule has 0 aliphatic heterocycles. The van der Waals surface area contributed by atoms with Crippen LogP contribution in [-0.2, 0) is 6.54 Å². The lowest BCUT2D eigenvalue weighted by Crippen LogP contribution is -2.16. The van der Waals surface area contributed by atoms with Crippen LogP contribution in [0.15, 0.2) is 40.4 Å². The Morgan fingerprint density at radius 1 is 1.35 bits per heavy atom. The van der Waals surface area contributed by atoms with E-state index in [-0.39, 0.29) is 0 Å². The van der Waals surface area contributed by atoms with Crippen molar-refractivity contribution in [3.05, 3.63) is 42.1 Å². The van der Waals surface area contributed by atoms with Gasteiger partial charge in [-0.05, 0) is 24.6 Å². The van der Waals surface area contributed by atoms with Crippen molar-refractivity contribution in [1.82, 2.24) is 15.3 Å². The first-order chi connectivity index (χ1) is 8.34. The van der Waals surface area contributed by atoms with Crippen LogP contribution in [-0.4, -0.2) is 22.3 Å². The zero-order chi connectivity index (χ0) is 11.9. The van der Waals surface area contributed by atoms with Crippen molar-refractivity contribution in [2.45, 2.75) is 18.6 Å². The first kappa shape index (κ1) is 12.1. The Morgan fingerprint density at radius 3 is 2.88 bits per heavy atom. The number of aryl methyl sites for hydroxylation is 1. The highest BCUT2D eigenvalue weighted by atomic mass is 32.2. The van der Waals surface area contributed by atoms with E-state index < -0.39 is 0 Å². The molecule has 0 aliphatic rings. The fraction of sp³-hybridized carbons (Fsp3) is 0.333. The quantitative estimate of drug-likeness (QED) is 0.483. The van der Waals surface area contributed by atoms with Crippen molar-refractivity contribution < 1.29 is 4.42 Å². The zero-order valence-corrected chi connectivity index (χ0v) is 10.5. The van der Waals surface area contributed by atoms with Crippen LogP contribution >= 0.6 is 11.8 Å². The number of hydrogen-bond donors (Lipinski definition) is 1. The van der Waals surface area contributed by atoms with Crippen molar-refractivity contribution >= 4 is 11.8 Å². The van der Waals surface area contributed by atoms with E-state index in [1.54, 1.807) is 18.0 Å². The van der Waals surface area contributed by atoms with E-state index in [1.165, 1.54) is 0 Å². The molecule has 2 heterocycles. The van der Waals surface area contributed by atoms with Gasteiger partial charge in [-0.2, -0.15) is 0 Å². The Labute approximate surface area is 105 Å². The minimum absolute atomic E-state index is 0.766. The van der Waals surface area contributed by atoms with Crippen molar-refractivity contribution in [3.8, 4) is 0 Å². The summed E-state index contributed by atoms with van der Waals surface area (Å²) in [5.41, 5.74) is 1.09. The molecule has 90 valence electrons. The normalized spacial score (nSPS) is 10.6. The molecule has 2 aromatic heterocycles. The third kappa shape index (κ3) is 4.20. The van der Waals surface area contributed by atoms with E-state index in [9.17, 15) is 0 Å². The van der Waals surface area contributed by atoms with Crippen molar-refractivity contribution in [2.24, 2.45) is 0 Å². The van der Waals surface area contributed by atoms with Gasteiger partial charge in [0.1, 0.15) is 5.76 Å². The number of hydrogen-bond acceptors (Lipinski definition) is 5. The summed E-state index contributed by atoms with van der Waals surface area (Å²) in [6.07, 6.45) is 5.36. The van der Waals surface area contributed by atoms with E-state index in [4.69, 9.17) is 4.42 Å². The summed E-state index contributed by atoms with van der Waals surface area (Å²) in [5, 5.41) is 4.13. The highest BCUT2D eigenvalue weighted by Gasteiger charge is 1.97. The topological polar surface area (TPSA) is 51.0 Å². The molecule has 17 heavy (non-hydrogen) atoms. The van der Waals surface area contributed by atoms with Gasteiger partial charge in [-0.15, -0.1) is 0 Å². The summed E-state index contributed by atoms with van der Waals surface area (Å²) in [7, 11) is 0. The molecule has 5 heteroatoms. The summed E-state index contributed by atoms with van der Waals surface area (Å²) in [6, 6.07) is 3.86. The molecule has 0 atom stereocenters. The van der Waals surface area contributed by atoms with Crippen LogP contribution in [0.4, 0.5) is 0 Å². The van der Waals surface area contributed by atoms with Crippen molar-refractivity contribution in [2.75, 3.05) is 12.3 Å². The number of rotatable bonds is 6. The second-order valence-electron chi connectivity index (χ2n) is 3.65. The van der Waals surface area contributed by atoms with Gasteiger partial charge in [-0.3, -0.25) is 0 Å². The smallest absolute Gasteiger partial charge is 0.187 e. The van der Waals surface area contributed by atoms with E-state index in [1.807, 2.05) is 31.5 Å². The summed E-state index contributed by atoms with van der Waals surface area (Å²) >= 11 is 1.65. The molecule has 2 aromatic rings. The monoisotopic (exact) mass is 249 g/mol. The highest BCUT2D eigenvalue weighted by Crippen LogP contribution is 2.10. The Morgan fingerprint density at radius 2 is 2.18 bits per heavy atom. The van der Waals surface area contributed by atoms with E-state index in [0.29, 0.717) is 0 Å². The predicted molar refractivity (Wildman–Crippen MR) is 67.9 cm³/mol. The second-order valence-corrected chi connectivity index (χ2v) is 4.71. The number of furan rings is 1. The first-order valence-corrected chi connectivity index (χ1v) is 6.48. The van der Waals surface area contributed by atoms with Crippen LogP contribution in [0.3, 0.4) is 0 Å².